The molecule has 0 saturated heterocycles. The zero-order valence-corrected chi connectivity index (χ0v) is 23.6. The zero-order chi connectivity index (χ0) is 27.2. The Kier molecular flexibility index (Phi) is 8.81. The van der Waals surface area contributed by atoms with Crippen molar-refractivity contribution in [2.24, 2.45) is 4.99 Å². The van der Waals surface area contributed by atoms with Gasteiger partial charge in [0, 0.05) is 10.0 Å². The van der Waals surface area contributed by atoms with Crippen LogP contribution in [0.5, 0.6) is 11.5 Å². The van der Waals surface area contributed by atoms with Crippen LogP contribution in [0.4, 0.5) is 0 Å². The highest BCUT2D eigenvalue weighted by molar-refractivity contribution is 9.10. The van der Waals surface area contributed by atoms with Gasteiger partial charge in [-0.3, -0.25) is 9.36 Å². The van der Waals surface area contributed by atoms with Gasteiger partial charge in [-0.05, 0) is 55.3 Å². The molecule has 4 rings (SSSR count). The normalized spacial score (nSPS) is 14.9. The van der Waals surface area contributed by atoms with Gasteiger partial charge in [0.15, 0.2) is 11.4 Å². The van der Waals surface area contributed by atoms with Crippen molar-refractivity contribution in [2.75, 3.05) is 20.3 Å². The number of ether oxygens (including phenoxy) is 3. The van der Waals surface area contributed by atoms with E-state index in [2.05, 4.69) is 15.9 Å². The minimum Gasteiger partial charge on any atom is -0.496 e. The average molecular weight is 597 g/mol. The summed E-state index contributed by atoms with van der Waals surface area (Å²) in [4.78, 5) is 32.5. The molecule has 1 aliphatic heterocycles. The summed E-state index contributed by atoms with van der Waals surface area (Å²) in [6, 6.07) is 13.8. The minimum absolute atomic E-state index is 0.0725. The molecule has 2 aromatic carbocycles. The lowest BCUT2D eigenvalue weighted by Gasteiger charge is -2.27. The summed E-state index contributed by atoms with van der Waals surface area (Å²) in [5.41, 5.74) is 2.02. The van der Waals surface area contributed by atoms with Crippen LogP contribution in [0, 0.1) is 11.3 Å². The lowest BCUT2D eigenvalue weighted by Crippen LogP contribution is -2.40. The largest absolute Gasteiger partial charge is 0.496 e. The van der Waals surface area contributed by atoms with Gasteiger partial charge < -0.3 is 14.2 Å². The topological polar surface area (TPSA) is 103 Å². The number of methoxy groups -OCH3 is 1. The fraction of sp³-hybridized carbons (Fsp3) is 0.286. The molecule has 1 aliphatic rings. The SMILES string of the molecule is CCCC1=C(C(=O)OCC)[C@H](c2cc(Br)ccc2OC)n2c(s/c(=C/c3cccc(OCC#N)c3)c2=O)=N1. The molecule has 0 fully saturated rings. The predicted molar refractivity (Wildman–Crippen MR) is 148 cm³/mol. The molecule has 0 unspecified atom stereocenters. The van der Waals surface area contributed by atoms with Crippen molar-refractivity contribution in [1.82, 2.24) is 4.57 Å². The van der Waals surface area contributed by atoms with Crippen molar-refractivity contribution in [3.05, 3.63) is 89.0 Å². The first kappa shape index (κ1) is 27.4. The van der Waals surface area contributed by atoms with Crippen molar-refractivity contribution in [1.29, 1.82) is 5.26 Å². The molecule has 0 bridgehead atoms. The molecule has 38 heavy (non-hydrogen) atoms. The molecule has 0 aliphatic carbocycles. The Balaban J connectivity index is 1.99. The van der Waals surface area contributed by atoms with Crippen LogP contribution in [0.1, 0.15) is 43.9 Å². The van der Waals surface area contributed by atoms with Crippen LogP contribution in [0.2, 0.25) is 0 Å². The maximum absolute atomic E-state index is 13.9. The molecule has 0 saturated carbocycles. The average Bonchev–Trinajstić information content (AvgIpc) is 3.21. The first-order valence-corrected chi connectivity index (χ1v) is 13.7. The molecule has 196 valence electrons. The number of carbonyl (C=O) groups is 1. The van der Waals surface area contributed by atoms with E-state index in [-0.39, 0.29) is 18.8 Å². The first-order valence-electron chi connectivity index (χ1n) is 12.1. The highest BCUT2D eigenvalue weighted by atomic mass is 79.9. The monoisotopic (exact) mass is 595 g/mol. The molecule has 0 N–H and O–H groups in total. The van der Waals surface area contributed by atoms with E-state index in [1.54, 1.807) is 48.9 Å². The second-order valence-corrected chi connectivity index (χ2v) is 10.2. The number of hydrogen-bond donors (Lipinski definition) is 0. The summed E-state index contributed by atoms with van der Waals surface area (Å²) >= 11 is 4.77. The number of halogens is 1. The lowest BCUT2D eigenvalue weighted by atomic mass is 9.93. The van der Waals surface area contributed by atoms with Crippen LogP contribution >= 0.6 is 27.3 Å². The Bertz CT molecular complexity index is 1620. The summed E-state index contributed by atoms with van der Waals surface area (Å²) < 4.78 is 19.3. The molecular weight excluding hydrogens is 570 g/mol. The second kappa shape index (κ2) is 12.2. The third-order valence-corrected chi connectivity index (χ3v) is 7.31. The predicted octanol–water partition coefficient (Wildman–Crippen LogP) is 4.25. The van der Waals surface area contributed by atoms with E-state index in [9.17, 15) is 9.59 Å². The number of rotatable bonds is 9. The van der Waals surface area contributed by atoms with Crippen LogP contribution in [-0.4, -0.2) is 30.9 Å². The van der Waals surface area contributed by atoms with Gasteiger partial charge in [-0.1, -0.05) is 52.7 Å². The smallest absolute Gasteiger partial charge is 0.338 e. The summed E-state index contributed by atoms with van der Waals surface area (Å²) in [5, 5.41) is 8.80. The Labute approximate surface area is 232 Å². The van der Waals surface area contributed by atoms with E-state index in [4.69, 9.17) is 24.5 Å². The molecule has 1 atom stereocenters. The Hall–Kier alpha value is -3.68. The highest BCUT2D eigenvalue weighted by Gasteiger charge is 2.36. The summed E-state index contributed by atoms with van der Waals surface area (Å²) in [6.45, 7) is 3.88. The first-order chi connectivity index (χ1) is 18.4. The number of nitriles is 1. The van der Waals surface area contributed by atoms with Crippen LogP contribution in [-0.2, 0) is 9.53 Å². The number of esters is 1. The summed E-state index contributed by atoms with van der Waals surface area (Å²) in [6.07, 6.45) is 3.06. The molecule has 10 heteroatoms. The molecule has 8 nitrogen and oxygen atoms in total. The molecule has 0 spiro atoms. The molecule has 2 heterocycles. The number of hydrogen-bond acceptors (Lipinski definition) is 8. The van der Waals surface area contributed by atoms with Gasteiger partial charge in [-0.2, -0.15) is 5.26 Å². The number of carbonyl (C=O) groups excluding carboxylic acids is 1. The Morgan fingerprint density at radius 3 is 2.79 bits per heavy atom. The number of nitrogens with zero attached hydrogens (tertiary/aromatic N) is 3. The molecule has 0 amide bonds. The number of aromatic nitrogens is 1. The fourth-order valence-corrected chi connectivity index (χ4v) is 5.69. The van der Waals surface area contributed by atoms with Crippen molar-refractivity contribution < 1.29 is 19.0 Å². The van der Waals surface area contributed by atoms with Crippen molar-refractivity contribution >= 4 is 39.3 Å². The van der Waals surface area contributed by atoms with Gasteiger partial charge in [0.1, 0.15) is 23.6 Å². The molecule has 0 radical (unpaired) electrons. The van der Waals surface area contributed by atoms with Gasteiger partial charge in [-0.25, -0.2) is 9.79 Å². The van der Waals surface area contributed by atoms with E-state index < -0.39 is 12.0 Å². The minimum atomic E-state index is -0.785. The van der Waals surface area contributed by atoms with E-state index in [1.165, 1.54) is 11.3 Å². The maximum Gasteiger partial charge on any atom is 0.338 e. The van der Waals surface area contributed by atoms with E-state index >= 15 is 0 Å². The zero-order valence-electron chi connectivity index (χ0n) is 21.2. The standard InChI is InChI=1S/C28H26BrN3O5S/c1-4-7-21-24(27(34)36-5-2)25(20-16-18(29)10-11-22(20)35-3)32-26(33)23(38-28(32)31-21)15-17-8-6-9-19(14-17)37-13-12-30/h6,8-11,14-16,25H,4-5,7,13H2,1-3H3/b23-15+/t25-/m0/s1. The van der Waals surface area contributed by atoms with Gasteiger partial charge in [-0.15, -0.1) is 0 Å². The van der Waals surface area contributed by atoms with E-state index in [0.717, 1.165) is 16.5 Å². The number of fused-ring (bicyclic) bond motifs is 1. The van der Waals surface area contributed by atoms with Crippen molar-refractivity contribution in [2.45, 2.75) is 32.7 Å². The van der Waals surface area contributed by atoms with E-state index in [0.29, 0.717) is 44.1 Å². The third kappa shape index (κ3) is 5.59. The van der Waals surface area contributed by atoms with Crippen LogP contribution in [0.25, 0.3) is 6.08 Å². The summed E-state index contributed by atoms with van der Waals surface area (Å²) in [7, 11) is 1.55. The van der Waals surface area contributed by atoms with Crippen LogP contribution < -0.4 is 24.4 Å². The van der Waals surface area contributed by atoms with Crippen LogP contribution in [0.3, 0.4) is 0 Å². The number of allylic oxidation sites excluding steroid dienone is 1. The van der Waals surface area contributed by atoms with Crippen molar-refractivity contribution in [3.63, 3.8) is 0 Å². The molecule has 3 aromatic rings. The fourth-order valence-electron chi connectivity index (χ4n) is 4.30. The van der Waals surface area contributed by atoms with E-state index in [1.807, 2.05) is 31.2 Å². The Morgan fingerprint density at radius 1 is 1.26 bits per heavy atom. The van der Waals surface area contributed by atoms with Crippen molar-refractivity contribution in [3.8, 4) is 17.6 Å². The number of thiazole rings is 1. The quantitative estimate of drug-likeness (QED) is 0.343. The third-order valence-electron chi connectivity index (χ3n) is 5.84. The maximum atomic E-state index is 13.9. The van der Waals surface area contributed by atoms with Gasteiger partial charge in [0.2, 0.25) is 0 Å². The van der Waals surface area contributed by atoms with Gasteiger partial charge >= 0.3 is 5.97 Å². The van der Waals surface area contributed by atoms with Gasteiger partial charge in [0.25, 0.3) is 5.56 Å². The molecular formula is C28H26BrN3O5S. The molecule has 1 aromatic heterocycles. The highest BCUT2D eigenvalue weighted by Crippen LogP contribution is 2.38. The number of benzene rings is 2. The van der Waals surface area contributed by atoms with Crippen LogP contribution in [0.15, 0.2) is 68.0 Å². The van der Waals surface area contributed by atoms with Gasteiger partial charge in [0.05, 0.1) is 29.5 Å². The Morgan fingerprint density at radius 2 is 2.08 bits per heavy atom. The summed E-state index contributed by atoms with van der Waals surface area (Å²) in [5.74, 6) is 0.553. The second-order valence-electron chi connectivity index (χ2n) is 8.32. The lowest BCUT2D eigenvalue weighted by molar-refractivity contribution is -0.139.